The summed E-state index contributed by atoms with van der Waals surface area (Å²) in [5, 5.41) is 14.3. The van der Waals surface area contributed by atoms with E-state index in [4.69, 9.17) is 0 Å². The molecule has 0 bridgehead atoms. The van der Waals surface area contributed by atoms with Gasteiger partial charge in [-0.25, -0.2) is 0 Å². The molecule has 0 aromatic carbocycles. The molecule has 0 unspecified atom stereocenters. The van der Waals surface area contributed by atoms with Crippen molar-refractivity contribution < 1.29 is 4.79 Å². The van der Waals surface area contributed by atoms with Crippen LogP contribution >= 0.6 is 0 Å². The molecule has 2 N–H and O–H groups in total. The highest BCUT2D eigenvalue weighted by Gasteiger charge is 2.09. The predicted molar refractivity (Wildman–Crippen MR) is 76.2 cm³/mol. The lowest BCUT2D eigenvalue weighted by molar-refractivity contribution is -0.121. The van der Waals surface area contributed by atoms with E-state index < -0.39 is 0 Å². The first-order valence-electron chi connectivity index (χ1n) is 6.74. The highest BCUT2D eigenvalue weighted by atomic mass is 16.1. The highest BCUT2D eigenvalue weighted by molar-refractivity contribution is 5.76. The fourth-order valence-electron chi connectivity index (χ4n) is 2.12. The van der Waals surface area contributed by atoms with E-state index in [-0.39, 0.29) is 5.91 Å². The summed E-state index contributed by atoms with van der Waals surface area (Å²) in [5.74, 6) is 0.0314. The molecule has 6 heteroatoms. The summed E-state index contributed by atoms with van der Waals surface area (Å²) in [4.78, 5) is 11.8. The number of hydrogen-bond acceptors (Lipinski definition) is 3. The van der Waals surface area contributed by atoms with Gasteiger partial charge < -0.3 is 5.32 Å². The Morgan fingerprint density at radius 3 is 2.70 bits per heavy atom. The number of carbonyl (C=O) groups excluding carboxylic acids is 1. The number of rotatable bonds is 5. The van der Waals surface area contributed by atoms with Crippen LogP contribution < -0.4 is 5.32 Å². The Balaban J connectivity index is 1.81. The standard InChI is InChI=1S/C14H21N5O/c1-9-7-12(19(4)18-9)8-15-14(20)6-5-13-10(2)11(3)16-17-13/h7H,5-6,8H2,1-4H3,(H,15,20)(H,16,17). The first-order valence-corrected chi connectivity index (χ1v) is 6.74. The minimum absolute atomic E-state index is 0.0314. The zero-order valence-corrected chi connectivity index (χ0v) is 12.4. The van der Waals surface area contributed by atoms with Gasteiger partial charge in [-0.15, -0.1) is 0 Å². The molecule has 0 aliphatic rings. The average Bonchev–Trinajstić information content (AvgIpc) is 2.89. The van der Waals surface area contributed by atoms with Gasteiger partial charge in [0.1, 0.15) is 0 Å². The van der Waals surface area contributed by atoms with Crippen molar-refractivity contribution in [3.63, 3.8) is 0 Å². The van der Waals surface area contributed by atoms with Crippen LogP contribution in [0.5, 0.6) is 0 Å². The molecule has 0 aliphatic carbocycles. The van der Waals surface area contributed by atoms with E-state index in [1.807, 2.05) is 33.9 Å². The lowest BCUT2D eigenvalue weighted by atomic mass is 10.1. The molecule has 2 heterocycles. The number of aryl methyl sites for hydroxylation is 4. The molecule has 2 aromatic heterocycles. The zero-order chi connectivity index (χ0) is 14.7. The fourth-order valence-corrected chi connectivity index (χ4v) is 2.12. The van der Waals surface area contributed by atoms with Gasteiger partial charge in [-0.2, -0.15) is 10.2 Å². The zero-order valence-electron chi connectivity index (χ0n) is 12.4. The molecule has 0 saturated heterocycles. The molecule has 20 heavy (non-hydrogen) atoms. The number of aromatic amines is 1. The number of aromatic nitrogens is 4. The van der Waals surface area contributed by atoms with E-state index in [9.17, 15) is 4.79 Å². The summed E-state index contributed by atoms with van der Waals surface area (Å²) in [7, 11) is 1.88. The topological polar surface area (TPSA) is 75.6 Å². The second-order valence-electron chi connectivity index (χ2n) is 5.10. The summed E-state index contributed by atoms with van der Waals surface area (Å²) >= 11 is 0. The summed E-state index contributed by atoms with van der Waals surface area (Å²) in [5.41, 5.74) is 5.13. The molecule has 0 saturated carbocycles. The highest BCUT2D eigenvalue weighted by Crippen LogP contribution is 2.10. The molecule has 2 aromatic rings. The quantitative estimate of drug-likeness (QED) is 0.864. The van der Waals surface area contributed by atoms with E-state index >= 15 is 0 Å². The monoisotopic (exact) mass is 275 g/mol. The van der Waals surface area contributed by atoms with Crippen molar-refractivity contribution in [2.75, 3.05) is 0 Å². The summed E-state index contributed by atoms with van der Waals surface area (Å²) in [6, 6.07) is 1.97. The molecular weight excluding hydrogens is 254 g/mol. The third kappa shape index (κ3) is 3.26. The van der Waals surface area contributed by atoms with Crippen molar-refractivity contribution in [3.8, 4) is 0 Å². The molecule has 0 aliphatic heterocycles. The Labute approximate surface area is 118 Å². The van der Waals surface area contributed by atoms with Crippen molar-refractivity contribution in [1.29, 1.82) is 0 Å². The maximum atomic E-state index is 11.8. The number of carbonyl (C=O) groups is 1. The van der Waals surface area contributed by atoms with Gasteiger partial charge in [0.25, 0.3) is 0 Å². The van der Waals surface area contributed by atoms with E-state index in [0.717, 1.165) is 28.3 Å². The summed E-state index contributed by atoms with van der Waals surface area (Å²) < 4.78 is 1.79. The van der Waals surface area contributed by atoms with Gasteiger partial charge in [-0.05, 0) is 32.4 Å². The number of nitrogens with one attached hydrogen (secondary N) is 2. The van der Waals surface area contributed by atoms with Gasteiger partial charge >= 0.3 is 0 Å². The Bertz CT molecular complexity index is 603. The van der Waals surface area contributed by atoms with E-state index in [2.05, 4.69) is 20.6 Å². The van der Waals surface area contributed by atoms with Crippen LogP contribution in [-0.4, -0.2) is 25.9 Å². The molecule has 0 atom stereocenters. The van der Waals surface area contributed by atoms with Gasteiger partial charge in [-0.3, -0.25) is 14.6 Å². The molecule has 1 amide bonds. The van der Waals surface area contributed by atoms with Crippen LogP contribution in [0.15, 0.2) is 6.07 Å². The van der Waals surface area contributed by atoms with Crippen molar-refractivity contribution in [1.82, 2.24) is 25.3 Å². The van der Waals surface area contributed by atoms with E-state index in [1.54, 1.807) is 4.68 Å². The number of nitrogens with zero attached hydrogens (tertiary/aromatic N) is 3. The second-order valence-corrected chi connectivity index (χ2v) is 5.10. The minimum atomic E-state index is 0.0314. The predicted octanol–water partition coefficient (Wildman–Crippen LogP) is 1.32. The van der Waals surface area contributed by atoms with Crippen molar-refractivity contribution in [3.05, 3.63) is 34.4 Å². The number of hydrogen-bond donors (Lipinski definition) is 2. The Hall–Kier alpha value is -2.11. The van der Waals surface area contributed by atoms with Crippen LogP contribution in [0.2, 0.25) is 0 Å². The summed E-state index contributed by atoms with van der Waals surface area (Å²) in [6.45, 7) is 6.45. The van der Waals surface area contributed by atoms with Crippen LogP contribution in [0, 0.1) is 20.8 Å². The molecule has 0 radical (unpaired) electrons. The number of amides is 1. The molecule has 0 fully saturated rings. The van der Waals surface area contributed by atoms with Crippen molar-refractivity contribution >= 4 is 5.91 Å². The van der Waals surface area contributed by atoms with Gasteiger partial charge in [0, 0.05) is 25.6 Å². The third-order valence-electron chi connectivity index (χ3n) is 3.51. The van der Waals surface area contributed by atoms with Crippen LogP contribution in [0.25, 0.3) is 0 Å². The van der Waals surface area contributed by atoms with Crippen LogP contribution in [0.4, 0.5) is 0 Å². The SMILES string of the molecule is Cc1cc(CNC(=O)CCc2n[nH]c(C)c2C)n(C)n1. The normalized spacial score (nSPS) is 10.8. The van der Waals surface area contributed by atoms with Gasteiger partial charge in [-0.1, -0.05) is 0 Å². The van der Waals surface area contributed by atoms with Crippen molar-refractivity contribution in [2.24, 2.45) is 7.05 Å². The first kappa shape index (κ1) is 14.3. The smallest absolute Gasteiger partial charge is 0.220 e. The van der Waals surface area contributed by atoms with Gasteiger partial charge in [0.2, 0.25) is 5.91 Å². The average molecular weight is 275 g/mol. The Morgan fingerprint density at radius 1 is 1.40 bits per heavy atom. The Kier molecular flexibility index (Phi) is 4.22. The fraction of sp³-hybridized carbons (Fsp3) is 0.500. The molecule has 108 valence electrons. The van der Waals surface area contributed by atoms with Crippen LogP contribution in [-0.2, 0) is 24.8 Å². The van der Waals surface area contributed by atoms with Gasteiger partial charge in [0.15, 0.2) is 0 Å². The maximum absolute atomic E-state index is 11.8. The van der Waals surface area contributed by atoms with Crippen molar-refractivity contribution in [2.45, 2.75) is 40.2 Å². The third-order valence-corrected chi connectivity index (χ3v) is 3.51. The van der Waals surface area contributed by atoms with E-state index in [1.165, 1.54) is 0 Å². The summed E-state index contributed by atoms with van der Waals surface area (Å²) in [6.07, 6.45) is 1.11. The van der Waals surface area contributed by atoms with Gasteiger partial charge in [0.05, 0.1) is 23.6 Å². The first-order chi connectivity index (χ1) is 9.47. The molecule has 6 nitrogen and oxygen atoms in total. The molecular formula is C14H21N5O. The Morgan fingerprint density at radius 2 is 2.15 bits per heavy atom. The van der Waals surface area contributed by atoms with Crippen LogP contribution in [0.3, 0.4) is 0 Å². The minimum Gasteiger partial charge on any atom is -0.350 e. The lowest BCUT2D eigenvalue weighted by Gasteiger charge is -2.05. The van der Waals surface area contributed by atoms with Crippen LogP contribution in [0.1, 0.15) is 34.8 Å². The molecule has 2 rings (SSSR count). The maximum Gasteiger partial charge on any atom is 0.220 e. The number of H-pyrrole nitrogens is 1. The largest absolute Gasteiger partial charge is 0.350 e. The molecule has 0 spiro atoms. The van der Waals surface area contributed by atoms with E-state index in [0.29, 0.717) is 19.4 Å². The lowest BCUT2D eigenvalue weighted by Crippen LogP contribution is -2.24. The second kappa shape index (κ2) is 5.90.